The number of hydrogen-bond acceptors (Lipinski definition) is 4. The van der Waals surface area contributed by atoms with Gasteiger partial charge in [0.15, 0.2) is 0 Å². The van der Waals surface area contributed by atoms with Crippen LogP contribution in [0.4, 0.5) is 0 Å². The van der Waals surface area contributed by atoms with E-state index in [4.69, 9.17) is 9.47 Å². The predicted molar refractivity (Wildman–Crippen MR) is 106 cm³/mol. The Morgan fingerprint density at radius 1 is 0.826 bits per heavy atom. The lowest BCUT2D eigenvalue weighted by Gasteiger charge is -2.11. The maximum Gasteiger partial charge on any atom is 0.318 e. The minimum absolute atomic E-state index is 0. The summed E-state index contributed by atoms with van der Waals surface area (Å²) in [5.74, 6) is 1.02. The molecule has 0 saturated carbocycles. The van der Waals surface area contributed by atoms with Crippen molar-refractivity contribution in [1.29, 1.82) is 0 Å². The van der Waals surface area contributed by atoms with Crippen LogP contribution in [0, 0.1) is 17.8 Å². The molecule has 0 N–H and O–H groups in total. The first-order valence-electron chi connectivity index (χ1n) is 8.12. The van der Waals surface area contributed by atoms with Crippen molar-refractivity contribution in [3.8, 4) is 0 Å². The maximum absolute atomic E-state index is 11.1. The van der Waals surface area contributed by atoms with E-state index in [1.807, 2.05) is 20.8 Å². The summed E-state index contributed by atoms with van der Waals surface area (Å²) in [6, 6.07) is 0. The second-order valence-electron chi connectivity index (χ2n) is 6.13. The van der Waals surface area contributed by atoms with Gasteiger partial charge in [0.2, 0.25) is 0 Å². The van der Waals surface area contributed by atoms with Crippen molar-refractivity contribution in [2.45, 2.75) is 72.7 Å². The molecular formula is C18H37IO4. The topological polar surface area (TPSA) is 52.6 Å². The normalized spacial score (nSPS) is 12.6. The maximum atomic E-state index is 11.1. The lowest BCUT2D eigenvalue weighted by atomic mass is 9.99. The van der Waals surface area contributed by atoms with E-state index in [-0.39, 0.29) is 29.2 Å². The van der Waals surface area contributed by atoms with Gasteiger partial charge in [-0.25, -0.2) is 0 Å². The Morgan fingerprint density at radius 2 is 1.22 bits per heavy atom. The predicted octanol–water partition coefficient (Wildman–Crippen LogP) is 5.27. The number of esters is 2. The Labute approximate surface area is 157 Å². The number of carbonyl (C=O) groups excluding carboxylic acids is 2. The Balaban J connectivity index is -0.000000333. The molecule has 0 amide bonds. The van der Waals surface area contributed by atoms with Crippen LogP contribution in [0.3, 0.4) is 0 Å². The van der Waals surface area contributed by atoms with Gasteiger partial charge in [-0.3, -0.25) is 9.59 Å². The zero-order chi connectivity index (χ0) is 17.7. The Morgan fingerprint density at radius 3 is 1.57 bits per heavy atom. The fourth-order valence-corrected chi connectivity index (χ4v) is 3.03. The number of rotatable bonds is 8. The molecule has 0 radical (unpaired) electrons. The first-order valence-corrected chi connectivity index (χ1v) is 9.37. The summed E-state index contributed by atoms with van der Waals surface area (Å²) in [6.45, 7) is 15.0. The van der Waals surface area contributed by atoms with E-state index in [1.165, 1.54) is 0 Å². The van der Waals surface area contributed by atoms with Gasteiger partial charge in [-0.15, -0.1) is 0 Å². The molecule has 5 heteroatoms. The van der Waals surface area contributed by atoms with Crippen molar-refractivity contribution < 1.29 is 19.1 Å². The monoisotopic (exact) mass is 444 g/mol. The van der Waals surface area contributed by atoms with Gasteiger partial charge >= 0.3 is 11.9 Å². The van der Waals surface area contributed by atoms with Crippen molar-refractivity contribution >= 4 is 34.5 Å². The number of hydrogen-bond donors (Lipinski definition) is 0. The molecule has 0 heterocycles. The quantitative estimate of drug-likeness (QED) is 0.291. The van der Waals surface area contributed by atoms with Crippen molar-refractivity contribution in [3.63, 3.8) is 0 Å². The van der Waals surface area contributed by atoms with Gasteiger partial charge in [-0.2, -0.15) is 0 Å². The van der Waals surface area contributed by atoms with Gasteiger partial charge in [0.25, 0.3) is 0 Å². The Hall–Kier alpha value is -0.330. The average Bonchev–Trinajstić information content (AvgIpc) is 2.38. The molecule has 0 saturated heterocycles. The molecule has 0 aromatic heterocycles. The number of alkyl halides is 1. The lowest BCUT2D eigenvalue weighted by Crippen LogP contribution is -2.18. The second-order valence-corrected chi connectivity index (χ2v) is 7.64. The van der Waals surface area contributed by atoms with Crippen LogP contribution in [0.5, 0.6) is 0 Å². The molecule has 0 aliphatic heterocycles. The van der Waals surface area contributed by atoms with E-state index >= 15 is 0 Å². The largest absolute Gasteiger partial charge is 0.466 e. The van der Waals surface area contributed by atoms with E-state index < -0.39 is 0 Å². The van der Waals surface area contributed by atoms with Crippen LogP contribution >= 0.6 is 22.6 Å². The lowest BCUT2D eigenvalue weighted by molar-refractivity contribution is -0.148. The number of ether oxygens (including phenoxy) is 2. The summed E-state index contributed by atoms with van der Waals surface area (Å²) in [5, 5.41) is 0. The van der Waals surface area contributed by atoms with Crippen LogP contribution in [0.2, 0.25) is 0 Å². The van der Waals surface area contributed by atoms with E-state index in [0.717, 1.165) is 12.8 Å². The molecule has 4 nitrogen and oxygen atoms in total. The molecule has 23 heavy (non-hydrogen) atoms. The van der Waals surface area contributed by atoms with E-state index in [9.17, 15) is 9.59 Å². The van der Waals surface area contributed by atoms with Gasteiger partial charge in [0.05, 0.1) is 19.1 Å². The van der Waals surface area contributed by atoms with E-state index in [0.29, 0.717) is 25.0 Å². The van der Waals surface area contributed by atoms with Crippen LogP contribution in [0.15, 0.2) is 0 Å². The van der Waals surface area contributed by atoms with E-state index in [2.05, 4.69) is 50.3 Å². The van der Waals surface area contributed by atoms with E-state index in [1.54, 1.807) is 0 Å². The minimum Gasteiger partial charge on any atom is -0.466 e. The van der Waals surface area contributed by atoms with Crippen molar-refractivity contribution in [2.24, 2.45) is 17.8 Å². The summed E-state index contributed by atoms with van der Waals surface area (Å²) in [7, 11) is 0. The molecule has 0 fully saturated rings. The first-order chi connectivity index (χ1) is 10.1. The highest BCUT2D eigenvalue weighted by Crippen LogP contribution is 2.14. The summed E-state index contributed by atoms with van der Waals surface area (Å²) < 4.78 is 9.74. The first kappa shape index (κ1) is 27.5. The third-order valence-corrected chi connectivity index (χ3v) is 3.75. The van der Waals surface area contributed by atoms with Gasteiger partial charge in [0.1, 0.15) is 3.92 Å². The van der Waals surface area contributed by atoms with Gasteiger partial charge in [-0.1, -0.05) is 64.6 Å². The van der Waals surface area contributed by atoms with Crippen LogP contribution < -0.4 is 0 Å². The molecule has 2 atom stereocenters. The van der Waals surface area contributed by atoms with Gasteiger partial charge in [-0.05, 0) is 38.5 Å². The average molecular weight is 444 g/mol. The molecule has 0 rings (SSSR count). The summed E-state index contributed by atoms with van der Waals surface area (Å²) in [6.07, 6.45) is 1.82. The SMILES string of the molecule is C.CCOC(=O)C(C)CC(C)C.CCOC(=O)C(I)CC(C)C. The van der Waals surface area contributed by atoms with Gasteiger partial charge < -0.3 is 9.47 Å². The fraction of sp³-hybridized carbons (Fsp3) is 0.889. The molecule has 0 aromatic rings. The Bertz CT molecular complexity index is 273. The zero-order valence-corrected chi connectivity index (χ0v) is 17.3. The molecule has 0 spiro atoms. The molecular weight excluding hydrogens is 407 g/mol. The summed E-state index contributed by atoms with van der Waals surface area (Å²) >= 11 is 2.13. The molecule has 0 aliphatic rings. The zero-order valence-electron chi connectivity index (χ0n) is 15.1. The fourth-order valence-electron chi connectivity index (χ4n) is 1.83. The molecule has 0 bridgehead atoms. The minimum atomic E-state index is -0.0817. The highest BCUT2D eigenvalue weighted by molar-refractivity contribution is 14.1. The van der Waals surface area contributed by atoms with Crippen LogP contribution in [0.25, 0.3) is 0 Å². The van der Waals surface area contributed by atoms with Crippen LogP contribution in [-0.4, -0.2) is 29.1 Å². The van der Waals surface area contributed by atoms with Crippen molar-refractivity contribution in [3.05, 3.63) is 0 Å². The van der Waals surface area contributed by atoms with Crippen LogP contribution in [-0.2, 0) is 19.1 Å². The third-order valence-electron chi connectivity index (χ3n) is 2.73. The molecule has 0 aromatic carbocycles. The number of carbonyl (C=O) groups is 2. The standard InChI is InChI=1S/C9H18O2.C8H15IO2.CH4/c1-5-11-9(10)8(4)6-7(2)3;1-4-11-8(10)7(9)5-6(2)3;/h7-8H,5-6H2,1-4H3;6-7H,4-5H2,1-3H3;1H4. The third kappa shape index (κ3) is 17.9. The molecule has 0 aliphatic carbocycles. The summed E-state index contributed by atoms with van der Waals surface area (Å²) in [5.41, 5.74) is 0. The van der Waals surface area contributed by atoms with Crippen molar-refractivity contribution in [1.82, 2.24) is 0 Å². The Kier molecular flexibility index (Phi) is 19.8. The second kappa shape index (κ2) is 16.5. The molecule has 140 valence electrons. The molecule has 2 unspecified atom stereocenters. The highest BCUT2D eigenvalue weighted by Gasteiger charge is 2.16. The highest BCUT2D eigenvalue weighted by atomic mass is 127. The summed E-state index contributed by atoms with van der Waals surface area (Å²) in [4.78, 5) is 22.1. The van der Waals surface area contributed by atoms with Crippen LogP contribution in [0.1, 0.15) is 68.7 Å². The number of halogens is 1. The smallest absolute Gasteiger partial charge is 0.318 e. The van der Waals surface area contributed by atoms with Crippen molar-refractivity contribution in [2.75, 3.05) is 13.2 Å². The van der Waals surface area contributed by atoms with Gasteiger partial charge in [0, 0.05) is 0 Å².